The van der Waals surface area contributed by atoms with E-state index in [2.05, 4.69) is 15.2 Å². The van der Waals surface area contributed by atoms with Gasteiger partial charge in [-0.1, -0.05) is 0 Å². The summed E-state index contributed by atoms with van der Waals surface area (Å²) in [7, 11) is 3.63. The van der Waals surface area contributed by atoms with Crippen LogP contribution in [0.5, 0.6) is 0 Å². The summed E-state index contributed by atoms with van der Waals surface area (Å²) < 4.78 is 13.3. The molecule has 0 saturated carbocycles. The third kappa shape index (κ3) is 3.42. The van der Waals surface area contributed by atoms with Gasteiger partial charge >= 0.3 is 0 Å². The third-order valence-electron chi connectivity index (χ3n) is 4.04. The fourth-order valence-corrected chi connectivity index (χ4v) is 2.44. The minimum absolute atomic E-state index is 0.0322. The van der Waals surface area contributed by atoms with Gasteiger partial charge in [0.2, 0.25) is 5.91 Å². The molecule has 5 heteroatoms. The van der Waals surface area contributed by atoms with E-state index in [1.807, 2.05) is 20.9 Å². The highest BCUT2D eigenvalue weighted by Crippen LogP contribution is 2.23. The molecule has 1 atom stereocenters. The summed E-state index contributed by atoms with van der Waals surface area (Å²) in [6, 6.07) is 4.90. The molecule has 0 aliphatic carbocycles. The maximum Gasteiger partial charge on any atom is 0.221 e. The molecular weight excluding hydrogens is 269 g/mol. The Bertz CT molecular complexity index is 650. The first-order chi connectivity index (χ1) is 9.92. The topological polar surface area (TPSA) is 48.1 Å². The second-order valence-electron chi connectivity index (χ2n) is 5.56. The van der Waals surface area contributed by atoms with E-state index in [1.54, 1.807) is 19.2 Å². The fourth-order valence-electron chi connectivity index (χ4n) is 2.44. The van der Waals surface area contributed by atoms with E-state index < -0.39 is 0 Å². The molecule has 2 N–H and O–H groups in total. The van der Waals surface area contributed by atoms with E-state index in [0.717, 1.165) is 22.2 Å². The van der Waals surface area contributed by atoms with Gasteiger partial charge in [-0.25, -0.2) is 4.39 Å². The summed E-state index contributed by atoms with van der Waals surface area (Å²) in [5.74, 6) is -0.192. The zero-order valence-electron chi connectivity index (χ0n) is 13.0. The van der Waals surface area contributed by atoms with E-state index in [4.69, 9.17) is 0 Å². The molecule has 0 aliphatic rings. The average molecular weight is 291 g/mol. The number of hydrogen-bond donors (Lipinski definition) is 2. The van der Waals surface area contributed by atoms with Gasteiger partial charge in [-0.2, -0.15) is 0 Å². The van der Waals surface area contributed by atoms with Crippen LogP contribution in [0.25, 0.3) is 10.9 Å². The van der Waals surface area contributed by atoms with Crippen molar-refractivity contribution in [1.29, 1.82) is 0 Å². The summed E-state index contributed by atoms with van der Waals surface area (Å²) >= 11 is 0. The van der Waals surface area contributed by atoms with Gasteiger partial charge in [0, 0.05) is 42.7 Å². The van der Waals surface area contributed by atoms with Crippen LogP contribution >= 0.6 is 0 Å². The van der Waals surface area contributed by atoms with Gasteiger partial charge in [-0.3, -0.25) is 9.69 Å². The number of carbonyl (C=O) groups excluding carboxylic acids is 1. The number of aromatic nitrogens is 1. The number of benzene rings is 1. The lowest BCUT2D eigenvalue weighted by Crippen LogP contribution is -2.34. The fraction of sp³-hybridized carbons (Fsp3) is 0.438. The van der Waals surface area contributed by atoms with Crippen LogP contribution in [0.3, 0.4) is 0 Å². The number of H-pyrrole nitrogens is 1. The SMILES string of the molecule is CNC(=O)CC(C)N(C)Cc1[nH]c2ccc(F)cc2c1C. The Kier molecular flexibility index (Phi) is 4.63. The van der Waals surface area contributed by atoms with Gasteiger partial charge in [0.15, 0.2) is 0 Å². The molecule has 1 aromatic carbocycles. The lowest BCUT2D eigenvalue weighted by atomic mass is 10.1. The number of rotatable bonds is 5. The lowest BCUT2D eigenvalue weighted by Gasteiger charge is -2.23. The summed E-state index contributed by atoms with van der Waals surface area (Å²) in [5.41, 5.74) is 3.06. The molecule has 0 fully saturated rings. The van der Waals surface area contributed by atoms with Crippen LogP contribution in [0.4, 0.5) is 4.39 Å². The quantitative estimate of drug-likeness (QED) is 0.889. The molecular formula is C16H22FN3O. The molecule has 1 aromatic heterocycles. The lowest BCUT2D eigenvalue weighted by molar-refractivity contribution is -0.121. The van der Waals surface area contributed by atoms with Crippen molar-refractivity contribution >= 4 is 16.8 Å². The zero-order valence-corrected chi connectivity index (χ0v) is 13.0. The molecule has 2 rings (SSSR count). The molecule has 21 heavy (non-hydrogen) atoms. The number of nitrogens with one attached hydrogen (secondary N) is 2. The van der Waals surface area contributed by atoms with Crippen LogP contribution in [0.2, 0.25) is 0 Å². The van der Waals surface area contributed by atoms with E-state index in [1.165, 1.54) is 6.07 Å². The molecule has 0 radical (unpaired) electrons. The van der Waals surface area contributed by atoms with Crippen molar-refractivity contribution in [2.45, 2.75) is 32.9 Å². The predicted octanol–water partition coefficient (Wildman–Crippen LogP) is 2.57. The number of halogens is 1. The molecule has 0 saturated heterocycles. The van der Waals surface area contributed by atoms with E-state index >= 15 is 0 Å². The average Bonchev–Trinajstić information content (AvgIpc) is 2.75. The van der Waals surface area contributed by atoms with Gasteiger partial charge in [-0.15, -0.1) is 0 Å². The molecule has 0 bridgehead atoms. The van der Waals surface area contributed by atoms with Crippen molar-refractivity contribution in [1.82, 2.24) is 15.2 Å². The van der Waals surface area contributed by atoms with Crippen LogP contribution in [0.1, 0.15) is 24.6 Å². The summed E-state index contributed by atoms with van der Waals surface area (Å²) in [4.78, 5) is 16.9. The zero-order chi connectivity index (χ0) is 15.6. The Morgan fingerprint density at radius 1 is 1.48 bits per heavy atom. The first-order valence-electron chi connectivity index (χ1n) is 7.10. The maximum absolute atomic E-state index is 13.3. The van der Waals surface area contributed by atoms with Crippen molar-refractivity contribution in [3.63, 3.8) is 0 Å². The van der Waals surface area contributed by atoms with E-state index in [0.29, 0.717) is 13.0 Å². The Balaban J connectivity index is 2.15. The maximum atomic E-state index is 13.3. The minimum atomic E-state index is -0.225. The molecule has 1 unspecified atom stereocenters. The predicted molar refractivity (Wildman–Crippen MR) is 82.6 cm³/mol. The first-order valence-corrected chi connectivity index (χ1v) is 7.10. The number of hydrogen-bond acceptors (Lipinski definition) is 2. The second kappa shape index (κ2) is 6.26. The molecule has 0 aliphatic heterocycles. The number of carbonyl (C=O) groups is 1. The number of nitrogens with zero attached hydrogens (tertiary/aromatic N) is 1. The number of aromatic amines is 1. The Morgan fingerprint density at radius 2 is 2.19 bits per heavy atom. The molecule has 4 nitrogen and oxygen atoms in total. The minimum Gasteiger partial charge on any atom is -0.359 e. The van der Waals surface area contributed by atoms with Crippen LogP contribution < -0.4 is 5.32 Å². The highest BCUT2D eigenvalue weighted by Gasteiger charge is 2.16. The largest absolute Gasteiger partial charge is 0.359 e. The highest BCUT2D eigenvalue weighted by molar-refractivity contribution is 5.84. The van der Waals surface area contributed by atoms with Crippen LogP contribution in [0, 0.1) is 12.7 Å². The van der Waals surface area contributed by atoms with Crippen molar-refractivity contribution in [2.75, 3.05) is 14.1 Å². The molecule has 0 spiro atoms. The van der Waals surface area contributed by atoms with Crippen molar-refractivity contribution < 1.29 is 9.18 Å². The van der Waals surface area contributed by atoms with Gasteiger partial charge in [0.25, 0.3) is 0 Å². The number of amides is 1. The van der Waals surface area contributed by atoms with E-state index in [9.17, 15) is 9.18 Å². The summed E-state index contributed by atoms with van der Waals surface area (Å²) in [6.45, 7) is 4.71. The standard InChI is InChI=1S/C16H22FN3O/c1-10(7-16(21)18-3)20(4)9-15-11(2)13-8-12(17)5-6-14(13)19-15/h5-6,8,10,19H,7,9H2,1-4H3,(H,18,21). The van der Waals surface area contributed by atoms with Crippen LogP contribution in [0.15, 0.2) is 18.2 Å². The molecule has 2 aromatic rings. The molecule has 1 amide bonds. The normalized spacial score (nSPS) is 12.9. The Labute approximate surface area is 124 Å². The van der Waals surface area contributed by atoms with E-state index in [-0.39, 0.29) is 17.8 Å². The Morgan fingerprint density at radius 3 is 2.86 bits per heavy atom. The van der Waals surface area contributed by atoms with Crippen molar-refractivity contribution in [2.24, 2.45) is 0 Å². The van der Waals surface area contributed by atoms with Gasteiger partial charge in [-0.05, 0) is 44.7 Å². The molecule has 114 valence electrons. The summed E-state index contributed by atoms with van der Waals surface area (Å²) in [6.07, 6.45) is 0.459. The first kappa shape index (κ1) is 15.5. The van der Waals surface area contributed by atoms with Crippen molar-refractivity contribution in [3.05, 3.63) is 35.3 Å². The third-order valence-corrected chi connectivity index (χ3v) is 4.04. The monoisotopic (exact) mass is 291 g/mol. The van der Waals surface area contributed by atoms with Gasteiger partial charge in [0.1, 0.15) is 5.82 Å². The summed E-state index contributed by atoms with van der Waals surface area (Å²) in [5, 5.41) is 3.55. The van der Waals surface area contributed by atoms with Crippen molar-refractivity contribution in [3.8, 4) is 0 Å². The van der Waals surface area contributed by atoms with Crippen LogP contribution in [-0.4, -0.2) is 35.9 Å². The highest BCUT2D eigenvalue weighted by atomic mass is 19.1. The Hall–Kier alpha value is -1.88. The smallest absolute Gasteiger partial charge is 0.221 e. The van der Waals surface area contributed by atoms with Gasteiger partial charge < -0.3 is 10.3 Å². The number of aryl methyl sites for hydroxylation is 1. The number of fused-ring (bicyclic) bond motifs is 1. The van der Waals surface area contributed by atoms with Gasteiger partial charge in [0.05, 0.1) is 0 Å². The van der Waals surface area contributed by atoms with Crippen LogP contribution in [-0.2, 0) is 11.3 Å². The molecule has 1 heterocycles. The second-order valence-corrected chi connectivity index (χ2v) is 5.56.